The first-order chi connectivity index (χ1) is 9.77. The van der Waals surface area contributed by atoms with E-state index >= 15 is 0 Å². The Hall–Kier alpha value is -1.90. The van der Waals surface area contributed by atoms with Gasteiger partial charge in [-0.15, -0.1) is 0 Å². The van der Waals surface area contributed by atoms with Crippen LogP contribution in [0.15, 0.2) is 27.2 Å². The Bertz CT molecular complexity index is 670. The summed E-state index contributed by atoms with van der Waals surface area (Å²) in [5.41, 5.74) is -1.49. The molecule has 0 aliphatic rings. The van der Waals surface area contributed by atoms with Gasteiger partial charge in [-0.25, -0.2) is 0 Å². The fraction of sp³-hybridized carbons (Fsp3) is 0.250. The molecule has 9 heteroatoms. The molecule has 1 N–H and O–H groups in total. The zero-order chi connectivity index (χ0) is 15.6. The van der Waals surface area contributed by atoms with Gasteiger partial charge in [0.25, 0.3) is 5.91 Å². The van der Waals surface area contributed by atoms with Crippen LogP contribution >= 0.6 is 15.9 Å². The first-order valence-corrected chi connectivity index (χ1v) is 6.51. The lowest BCUT2D eigenvalue weighted by Gasteiger charge is -2.12. The molecule has 1 amide bonds. The van der Waals surface area contributed by atoms with Crippen molar-refractivity contribution in [2.45, 2.75) is 19.6 Å². The minimum absolute atomic E-state index is 0.117. The van der Waals surface area contributed by atoms with Crippen LogP contribution in [-0.2, 0) is 12.7 Å². The summed E-state index contributed by atoms with van der Waals surface area (Å²) < 4.78 is 43.7. The molecule has 21 heavy (non-hydrogen) atoms. The van der Waals surface area contributed by atoms with Gasteiger partial charge in [0.2, 0.25) is 5.89 Å². The maximum absolute atomic E-state index is 12.9. The molecule has 2 rings (SSSR count). The molecule has 0 saturated carbocycles. The highest BCUT2D eigenvalue weighted by Gasteiger charge is 2.35. The van der Waals surface area contributed by atoms with Gasteiger partial charge in [-0.2, -0.15) is 18.2 Å². The number of nitrogens with one attached hydrogen (secondary N) is 1. The summed E-state index contributed by atoms with van der Waals surface area (Å²) in [6.45, 7) is 1.44. The molecular weight excluding hydrogens is 355 g/mol. The molecule has 5 nitrogen and oxygen atoms in total. The van der Waals surface area contributed by atoms with Crippen LogP contribution < -0.4 is 5.32 Å². The standard InChI is InChI=1S/C12H9BrF3N3O2/c1-6-18-10(21-19-6)5-17-11(20)8-3-2-7(13)4-9(8)12(14,15)16/h2-4H,5H2,1H3,(H,17,20). The highest BCUT2D eigenvalue weighted by molar-refractivity contribution is 9.10. The molecule has 0 saturated heterocycles. The lowest BCUT2D eigenvalue weighted by molar-refractivity contribution is -0.138. The van der Waals surface area contributed by atoms with Crippen LogP contribution in [0.2, 0.25) is 0 Å². The highest BCUT2D eigenvalue weighted by Crippen LogP contribution is 2.33. The molecule has 1 aromatic heterocycles. The minimum atomic E-state index is -4.63. The van der Waals surface area contributed by atoms with Gasteiger partial charge in [0.05, 0.1) is 17.7 Å². The first kappa shape index (κ1) is 15.5. The topological polar surface area (TPSA) is 68.0 Å². The van der Waals surface area contributed by atoms with Crippen molar-refractivity contribution in [3.05, 3.63) is 45.5 Å². The molecule has 0 spiro atoms. The summed E-state index contributed by atoms with van der Waals surface area (Å²) in [4.78, 5) is 15.7. The number of nitrogens with zero attached hydrogens (tertiary/aromatic N) is 2. The predicted molar refractivity (Wildman–Crippen MR) is 69.3 cm³/mol. The van der Waals surface area contributed by atoms with Crippen molar-refractivity contribution < 1.29 is 22.5 Å². The summed E-state index contributed by atoms with van der Waals surface area (Å²) >= 11 is 2.95. The van der Waals surface area contributed by atoms with Crippen LogP contribution in [0.25, 0.3) is 0 Å². The number of rotatable bonds is 3. The molecule has 0 bridgehead atoms. The van der Waals surface area contributed by atoms with Gasteiger partial charge in [-0.05, 0) is 25.1 Å². The lowest BCUT2D eigenvalue weighted by atomic mass is 10.1. The number of hydrogen-bond donors (Lipinski definition) is 1. The number of aromatic nitrogens is 2. The third kappa shape index (κ3) is 3.81. The second-order valence-electron chi connectivity index (χ2n) is 4.11. The molecule has 2 aromatic rings. The van der Waals surface area contributed by atoms with E-state index < -0.39 is 23.2 Å². The van der Waals surface area contributed by atoms with Gasteiger partial charge < -0.3 is 9.84 Å². The Kier molecular flexibility index (Phi) is 4.31. The molecule has 0 unspecified atom stereocenters. The maximum atomic E-state index is 12.9. The molecule has 0 aliphatic carbocycles. The average molecular weight is 364 g/mol. The molecule has 112 valence electrons. The number of aryl methyl sites for hydroxylation is 1. The average Bonchev–Trinajstić information content (AvgIpc) is 2.81. The van der Waals surface area contributed by atoms with Crippen LogP contribution in [-0.4, -0.2) is 16.0 Å². The van der Waals surface area contributed by atoms with Crippen molar-refractivity contribution in [2.75, 3.05) is 0 Å². The molecule has 0 atom stereocenters. The number of alkyl halides is 3. The van der Waals surface area contributed by atoms with E-state index in [4.69, 9.17) is 4.52 Å². The smallest absolute Gasteiger partial charge is 0.343 e. The van der Waals surface area contributed by atoms with Gasteiger partial charge in [0.15, 0.2) is 5.82 Å². The summed E-state index contributed by atoms with van der Waals surface area (Å²) in [5, 5.41) is 5.82. The monoisotopic (exact) mass is 363 g/mol. The Labute approximate surface area is 125 Å². The Balaban J connectivity index is 2.19. The van der Waals surface area contributed by atoms with Crippen LogP contribution in [0, 0.1) is 6.92 Å². The van der Waals surface area contributed by atoms with Gasteiger partial charge in [0.1, 0.15) is 0 Å². The van der Waals surface area contributed by atoms with Gasteiger partial charge in [-0.1, -0.05) is 21.1 Å². The van der Waals surface area contributed by atoms with E-state index in [-0.39, 0.29) is 16.9 Å². The molecule has 1 heterocycles. The summed E-state index contributed by atoms with van der Waals surface area (Å²) in [6.07, 6.45) is -4.63. The fourth-order valence-electron chi connectivity index (χ4n) is 1.61. The normalized spacial score (nSPS) is 11.5. The van der Waals surface area contributed by atoms with Crippen molar-refractivity contribution in [1.82, 2.24) is 15.5 Å². The van der Waals surface area contributed by atoms with Crippen molar-refractivity contribution in [3.63, 3.8) is 0 Å². The Morgan fingerprint density at radius 1 is 1.43 bits per heavy atom. The van der Waals surface area contributed by atoms with E-state index in [1.54, 1.807) is 6.92 Å². The third-order valence-corrected chi connectivity index (χ3v) is 2.99. The fourth-order valence-corrected chi connectivity index (χ4v) is 1.97. The third-order valence-electron chi connectivity index (χ3n) is 2.50. The molecule has 0 fully saturated rings. The SMILES string of the molecule is Cc1noc(CNC(=O)c2ccc(Br)cc2C(F)(F)F)n1. The first-order valence-electron chi connectivity index (χ1n) is 5.71. The minimum Gasteiger partial charge on any atom is -0.343 e. The predicted octanol–water partition coefficient (Wildman–Crippen LogP) is 3.09. The van der Waals surface area contributed by atoms with Gasteiger partial charge >= 0.3 is 6.18 Å². The number of carbonyl (C=O) groups excluding carboxylic acids is 1. The van der Waals surface area contributed by atoms with Crippen molar-refractivity contribution in [3.8, 4) is 0 Å². The molecule has 0 aliphatic heterocycles. The van der Waals surface area contributed by atoms with E-state index in [0.29, 0.717) is 5.82 Å². The Morgan fingerprint density at radius 3 is 2.71 bits per heavy atom. The number of carbonyl (C=O) groups is 1. The van der Waals surface area contributed by atoms with Crippen LogP contribution in [0.5, 0.6) is 0 Å². The molecule has 0 radical (unpaired) electrons. The van der Waals surface area contributed by atoms with Crippen molar-refractivity contribution in [2.24, 2.45) is 0 Å². The second kappa shape index (κ2) is 5.84. The molecular formula is C12H9BrF3N3O2. The van der Waals surface area contributed by atoms with Gasteiger partial charge in [0, 0.05) is 4.47 Å². The zero-order valence-corrected chi connectivity index (χ0v) is 12.2. The number of amides is 1. The van der Waals surface area contributed by atoms with E-state index in [1.165, 1.54) is 6.07 Å². The largest absolute Gasteiger partial charge is 0.417 e. The van der Waals surface area contributed by atoms with Crippen LogP contribution in [0.4, 0.5) is 13.2 Å². The van der Waals surface area contributed by atoms with Crippen molar-refractivity contribution in [1.29, 1.82) is 0 Å². The van der Waals surface area contributed by atoms with Crippen LogP contribution in [0.1, 0.15) is 27.6 Å². The molecule has 1 aromatic carbocycles. The second-order valence-corrected chi connectivity index (χ2v) is 5.02. The van der Waals surface area contributed by atoms with Crippen LogP contribution in [0.3, 0.4) is 0 Å². The van der Waals surface area contributed by atoms with E-state index in [9.17, 15) is 18.0 Å². The highest BCUT2D eigenvalue weighted by atomic mass is 79.9. The number of halogens is 4. The van der Waals surface area contributed by atoms with Gasteiger partial charge in [-0.3, -0.25) is 4.79 Å². The van der Waals surface area contributed by atoms with Crippen molar-refractivity contribution >= 4 is 21.8 Å². The maximum Gasteiger partial charge on any atom is 0.417 e. The number of benzene rings is 1. The van der Waals surface area contributed by atoms with E-state index in [2.05, 4.69) is 31.4 Å². The summed E-state index contributed by atoms with van der Waals surface area (Å²) in [5.74, 6) is -0.379. The lowest BCUT2D eigenvalue weighted by Crippen LogP contribution is -2.26. The Morgan fingerprint density at radius 2 is 2.14 bits per heavy atom. The zero-order valence-electron chi connectivity index (χ0n) is 10.7. The number of hydrogen-bond acceptors (Lipinski definition) is 4. The summed E-state index contributed by atoms with van der Waals surface area (Å²) in [7, 11) is 0. The van der Waals surface area contributed by atoms with E-state index in [0.717, 1.165) is 12.1 Å². The van der Waals surface area contributed by atoms with E-state index in [1.807, 2.05) is 0 Å². The quantitative estimate of drug-likeness (QED) is 0.909. The summed E-state index contributed by atoms with van der Waals surface area (Å²) in [6, 6.07) is 3.31.